The standard InChI is InChI=1S/C13H16FN3O/c14-10-2-1-3-11(6-10)16-13(18)17-7-9-4-5-15-12(9)8-17/h1-3,6,9,12,15H,4-5,7-8H2,(H,16,18)/t9-,12+/m0/s1. The number of nitrogens with one attached hydrogen (secondary N) is 2. The lowest BCUT2D eigenvalue weighted by Crippen LogP contribution is -2.36. The Morgan fingerprint density at radius 1 is 1.44 bits per heavy atom. The molecule has 0 radical (unpaired) electrons. The summed E-state index contributed by atoms with van der Waals surface area (Å²) in [4.78, 5) is 13.8. The van der Waals surface area contributed by atoms with E-state index in [1.807, 2.05) is 0 Å². The van der Waals surface area contributed by atoms with E-state index in [2.05, 4.69) is 10.6 Å². The van der Waals surface area contributed by atoms with Gasteiger partial charge >= 0.3 is 6.03 Å². The summed E-state index contributed by atoms with van der Waals surface area (Å²) < 4.78 is 13.0. The van der Waals surface area contributed by atoms with Crippen LogP contribution in [0, 0.1) is 11.7 Å². The molecule has 96 valence electrons. The van der Waals surface area contributed by atoms with E-state index in [0.717, 1.165) is 26.1 Å². The van der Waals surface area contributed by atoms with Crippen LogP contribution in [0.2, 0.25) is 0 Å². The number of hydrogen-bond acceptors (Lipinski definition) is 2. The summed E-state index contributed by atoms with van der Waals surface area (Å²) in [6, 6.07) is 6.26. The largest absolute Gasteiger partial charge is 0.323 e. The second-order valence-electron chi connectivity index (χ2n) is 4.95. The molecule has 2 atom stereocenters. The molecule has 2 aliphatic heterocycles. The molecule has 0 saturated carbocycles. The molecule has 0 aromatic heterocycles. The molecule has 0 spiro atoms. The van der Waals surface area contributed by atoms with Crippen LogP contribution >= 0.6 is 0 Å². The van der Waals surface area contributed by atoms with Crippen LogP contribution in [0.4, 0.5) is 14.9 Å². The monoisotopic (exact) mass is 249 g/mol. The van der Waals surface area contributed by atoms with Crippen molar-refractivity contribution in [2.24, 2.45) is 5.92 Å². The molecule has 0 unspecified atom stereocenters. The number of anilines is 1. The van der Waals surface area contributed by atoms with Gasteiger partial charge in [0.05, 0.1) is 0 Å². The van der Waals surface area contributed by atoms with E-state index in [-0.39, 0.29) is 11.8 Å². The maximum Gasteiger partial charge on any atom is 0.321 e. The number of rotatable bonds is 1. The average molecular weight is 249 g/mol. The molecule has 4 nitrogen and oxygen atoms in total. The van der Waals surface area contributed by atoms with Gasteiger partial charge in [-0.05, 0) is 37.1 Å². The first kappa shape index (κ1) is 11.5. The lowest BCUT2D eigenvalue weighted by Gasteiger charge is -2.18. The molecular formula is C13H16FN3O. The minimum absolute atomic E-state index is 0.142. The first-order valence-electron chi connectivity index (χ1n) is 6.27. The smallest absolute Gasteiger partial charge is 0.321 e. The summed E-state index contributed by atoms with van der Waals surface area (Å²) in [5.74, 6) is 0.232. The van der Waals surface area contributed by atoms with Gasteiger partial charge in [-0.3, -0.25) is 0 Å². The molecule has 1 aromatic carbocycles. The zero-order valence-corrected chi connectivity index (χ0v) is 10.0. The van der Waals surface area contributed by atoms with Crippen molar-refractivity contribution in [1.82, 2.24) is 10.2 Å². The number of carbonyl (C=O) groups excluding carboxylic acids is 1. The van der Waals surface area contributed by atoms with E-state index in [4.69, 9.17) is 0 Å². The van der Waals surface area contributed by atoms with Crippen molar-refractivity contribution >= 4 is 11.7 Å². The van der Waals surface area contributed by atoms with Crippen molar-refractivity contribution in [2.45, 2.75) is 12.5 Å². The summed E-state index contributed by atoms with van der Waals surface area (Å²) in [5, 5.41) is 6.13. The first-order chi connectivity index (χ1) is 8.72. The number of urea groups is 1. The fourth-order valence-electron chi connectivity index (χ4n) is 2.78. The van der Waals surface area contributed by atoms with Crippen molar-refractivity contribution < 1.29 is 9.18 Å². The van der Waals surface area contributed by atoms with Crippen LogP contribution in [-0.2, 0) is 0 Å². The Balaban J connectivity index is 1.62. The molecular weight excluding hydrogens is 233 g/mol. The van der Waals surface area contributed by atoms with Crippen molar-refractivity contribution in [1.29, 1.82) is 0 Å². The molecule has 1 aromatic rings. The van der Waals surface area contributed by atoms with E-state index in [1.165, 1.54) is 12.1 Å². The van der Waals surface area contributed by atoms with E-state index >= 15 is 0 Å². The summed E-state index contributed by atoms with van der Waals surface area (Å²) in [7, 11) is 0. The Bertz CT molecular complexity index is 453. The number of halogens is 1. The van der Waals surface area contributed by atoms with Crippen LogP contribution < -0.4 is 10.6 Å². The number of hydrogen-bond donors (Lipinski definition) is 2. The topological polar surface area (TPSA) is 44.4 Å². The van der Waals surface area contributed by atoms with Crippen LogP contribution in [0.15, 0.2) is 24.3 Å². The third kappa shape index (κ3) is 2.18. The number of carbonyl (C=O) groups is 1. The van der Waals surface area contributed by atoms with E-state index in [0.29, 0.717) is 17.6 Å². The Morgan fingerprint density at radius 3 is 3.11 bits per heavy atom. The minimum atomic E-state index is -0.340. The molecule has 2 amide bonds. The van der Waals surface area contributed by atoms with Crippen LogP contribution in [0.3, 0.4) is 0 Å². The van der Waals surface area contributed by atoms with E-state index in [1.54, 1.807) is 17.0 Å². The van der Waals surface area contributed by atoms with Gasteiger partial charge in [0.25, 0.3) is 0 Å². The molecule has 2 saturated heterocycles. The Morgan fingerprint density at radius 2 is 2.33 bits per heavy atom. The highest BCUT2D eigenvalue weighted by atomic mass is 19.1. The SMILES string of the molecule is O=C(Nc1cccc(F)c1)N1C[C@@H]2CCN[C@@H]2C1. The van der Waals surface area contributed by atoms with Crippen LogP contribution in [0.1, 0.15) is 6.42 Å². The fraction of sp³-hybridized carbons (Fsp3) is 0.462. The normalized spacial score (nSPS) is 26.2. The average Bonchev–Trinajstić information content (AvgIpc) is 2.88. The van der Waals surface area contributed by atoms with Gasteiger partial charge in [0.15, 0.2) is 0 Å². The van der Waals surface area contributed by atoms with Gasteiger partial charge < -0.3 is 15.5 Å². The Kier molecular flexibility index (Phi) is 2.91. The van der Waals surface area contributed by atoms with Crippen LogP contribution in [0.25, 0.3) is 0 Å². The third-order valence-electron chi connectivity index (χ3n) is 3.73. The maximum atomic E-state index is 13.0. The predicted octanol–water partition coefficient (Wildman–Crippen LogP) is 1.65. The second kappa shape index (κ2) is 4.57. The van der Waals surface area contributed by atoms with Gasteiger partial charge in [-0.2, -0.15) is 0 Å². The van der Waals surface area contributed by atoms with Gasteiger partial charge in [-0.15, -0.1) is 0 Å². The van der Waals surface area contributed by atoms with Crippen molar-refractivity contribution in [3.05, 3.63) is 30.1 Å². The molecule has 2 fully saturated rings. The van der Waals surface area contributed by atoms with Crippen molar-refractivity contribution in [3.63, 3.8) is 0 Å². The summed E-state index contributed by atoms with van der Waals surface area (Å²) in [6.45, 7) is 2.58. The summed E-state index contributed by atoms with van der Waals surface area (Å²) in [6.07, 6.45) is 1.13. The summed E-state index contributed by atoms with van der Waals surface area (Å²) in [5.41, 5.74) is 0.505. The molecule has 5 heteroatoms. The Hall–Kier alpha value is -1.62. The lowest BCUT2D eigenvalue weighted by atomic mass is 10.1. The molecule has 0 bridgehead atoms. The fourth-order valence-corrected chi connectivity index (χ4v) is 2.78. The van der Waals surface area contributed by atoms with Gasteiger partial charge in [0.2, 0.25) is 0 Å². The molecule has 3 rings (SSSR count). The van der Waals surface area contributed by atoms with Gasteiger partial charge in [-0.1, -0.05) is 6.07 Å². The minimum Gasteiger partial charge on any atom is -0.323 e. The van der Waals surface area contributed by atoms with E-state index in [9.17, 15) is 9.18 Å². The third-order valence-corrected chi connectivity index (χ3v) is 3.73. The zero-order valence-electron chi connectivity index (χ0n) is 10.0. The number of benzene rings is 1. The van der Waals surface area contributed by atoms with Gasteiger partial charge in [-0.25, -0.2) is 9.18 Å². The van der Waals surface area contributed by atoms with Crippen LogP contribution in [-0.4, -0.2) is 36.6 Å². The first-order valence-corrected chi connectivity index (χ1v) is 6.27. The number of likely N-dealkylation sites (tertiary alicyclic amines) is 1. The second-order valence-corrected chi connectivity index (χ2v) is 4.95. The number of amides is 2. The number of fused-ring (bicyclic) bond motifs is 1. The predicted molar refractivity (Wildman–Crippen MR) is 66.9 cm³/mol. The van der Waals surface area contributed by atoms with E-state index < -0.39 is 0 Å². The number of nitrogens with zero attached hydrogens (tertiary/aromatic N) is 1. The van der Waals surface area contributed by atoms with Crippen molar-refractivity contribution in [2.75, 3.05) is 25.0 Å². The molecule has 2 N–H and O–H groups in total. The molecule has 18 heavy (non-hydrogen) atoms. The molecule has 2 aliphatic rings. The zero-order chi connectivity index (χ0) is 12.5. The Labute approximate surface area is 105 Å². The highest BCUT2D eigenvalue weighted by Gasteiger charge is 2.37. The summed E-state index contributed by atoms with van der Waals surface area (Å²) >= 11 is 0. The van der Waals surface area contributed by atoms with Crippen molar-refractivity contribution in [3.8, 4) is 0 Å². The molecule has 0 aliphatic carbocycles. The molecule has 2 heterocycles. The highest BCUT2D eigenvalue weighted by Crippen LogP contribution is 2.25. The quantitative estimate of drug-likeness (QED) is 0.795. The van der Waals surface area contributed by atoms with Crippen LogP contribution in [0.5, 0.6) is 0 Å². The maximum absolute atomic E-state index is 13.0. The highest BCUT2D eigenvalue weighted by molar-refractivity contribution is 5.89. The lowest BCUT2D eigenvalue weighted by molar-refractivity contribution is 0.219. The van der Waals surface area contributed by atoms with Gasteiger partial charge in [0, 0.05) is 24.8 Å². The van der Waals surface area contributed by atoms with Gasteiger partial charge in [0.1, 0.15) is 5.82 Å².